The summed E-state index contributed by atoms with van der Waals surface area (Å²) in [5.41, 5.74) is 6.36. The van der Waals surface area contributed by atoms with Crippen LogP contribution in [0.3, 0.4) is 0 Å². The third-order valence-corrected chi connectivity index (χ3v) is 23.3. The molecule has 17 aromatic rings. The monoisotopic (exact) mass is 1700 g/mol. The standard InChI is InChI=1S/C100H60Cl2N6O14S2/c1-55(101)99(115)121-69-43-45-103-81(49-69)105-93(109)91(79-25-15-47-123-79)107-95(111)71-51-75(117-65-35-27-61(28-36-65)57-17-7-3-8-18-57)85-87-77(119-67-39-31-63(32-40-67)59-21-11-5-12-22-59)53-73-84-74(98(114)108(97(73)113)92(80-26-16-48-124-80)94(110)106-82-50-70(44-46-104-82)122-100(116)56(2)102)54-78(120-68-41-33-64(34-42-68)60-23-13-6-14-24-60)88(90(84)87)86-76(52-72(96(107)112)83(71)89(85)86)118-66-37-29-62(30-38-66)58-19-9-4-10-20-58/h3-54,91-92H,1-2H2,(H,103,105,109)(H,104,106,110). The van der Waals surface area contributed by atoms with Gasteiger partial charge in [-0.2, -0.15) is 0 Å². The van der Waals surface area contributed by atoms with Gasteiger partial charge in [0, 0.05) is 77.4 Å². The van der Waals surface area contributed by atoms with Crippen molar-refractivity contribution in [2.45, 2.75) is 12.1 Å². The number of anilines is 2. The molecule has 0 fully saturated rings. The number of hydrogen-bond donors (Lipinski definition) is 2. The molecule has 0 aliphatic carbocycles. The lowest BCUT2D eigenvalue weighted by Crippen LogP contribution is -2.47. The number of nitrogens with one attached hydrogen (secondary N) is 2. The second-order valence-electron chi connectivity index (χ2n) is 28.8. The van der Waals surface area contributed by atoms with Gasteiger partial charge in [-0.1, -0.05) is 218 Å². The number of benzene rings is 13. The summed E-state index contributed by atoms with van der Waals surface area (Å²) in [5.74, 6) is -7.15. The number of carbonyl (C=O) groups is 8. The van der Waals surface area contributed by atoms with E-state index < -0.39 is 69.5 Å². The molecule has 0 saturated carbocycles. The third kappa shape index (κ3) is 14.8. The van der Waals surface area contributed by atoms with Crippen LogP contribution in [-0.4, -0.2) is 67.1 Å². The maximum Gasteiger partial charge on any atom is 0.354 e. The van der Waals surface area contributed by atoms with Crippen LogP contribution in [-0.2, 0) is 19.2 Å². The molecule has 0 bridgehead atoms. The van der Waals surface area contributed by atoms with Crippen LogP contribution in [0.25, 0.3) is 87.6 Å². The van der Waals surface area contributed by atoms with E-state index in [-0.39, 0.29) is 144 Å². The average molecular weight is 1700 g/mol. The molecule has 0 radical (unpaired) electrons. The fourth-order valence-electron chi connectivity index (χ4n) is 15.7. The highest BCUT2D eigenvalue weighted by Crippen LogP contribution is 2.59. The van der Waals surface area contributed by atoms with Gasteiger partial charge in [0.1, 0.15) is 79.2 Å². The van der Waals surface area contributed by atoms with Crippen molar-refractivity contribution >= 4 is 148 Å². The Morgan fingerprint density at radius 1 is 0.315 bits per heavy atom. The van der Waals surface area contributed by atoms with Gasteiger partial charge in [0.15, 0.2) is 12.1 Å². The van der Waals surface area contributed by atoms with E-state index in [1.165, 1.54) is 60.9 Å². The molecule has 2 aliphatic heterocycles. The minimum atomic E-state index is -1.74. The zero-order valence-corrected chi connectivity index (χ0v) is 67.8. The molecule has 6 heterocycles. The van der Waals surface area contributed by atoms with Crippen molar-refractivity contribution in [3.05, 3.63) is 370 Å². The predicted octanol–water partition coefficient (Wildman–Crippen LogP) is 23.8. The molecule has 0 spiro atoms. The maximum atomic E-state index is 16.9. The van der Waals surface area contributed by atoms with Crippen LogP contribution in [0.4, 0.5) is 11.6 Å². The predicted molar refractivity (Wildman–Crippen MR) is 478 cm³/mol. The van der Waals surface area contributed by atoms with Gasteiger partial charge in [-0.25, -0.2) is 19.6 Å². The number of fused-ring (bicyclic) bond motifs is 2. The number of esters is 2. The van der Waals surface area contributed by atoms with Crippen LogP contribution in [0.15, 0.2) is 338 Å². The molecule has 2 atom stereocenters. The molecule has 4 aromatic heterocycles. The zero-order valence-electron chi connectivity index (χ0n) is 64.7. The van der Waals surface area contributed by atoms with E-state index in [9.17, 15) is 9.59 Å². The second kappa shape index (κ2) is 32.8. The number of nitrogens with zero attached hydrogens (tertiary/aromatic N) is 4. The largest absolute Gasteiger partial charge is 0.457 e. The van der Waals surface area contributed by atoms with Gasteiger partial charge in [0.2, 0.25) is 0 Å². The summed E-state index contributed by atoms with van der Waals surface area (Å²) in [6.45, 7) is 6.92. The Hall–Kier alpha value is -15.7. The Bertz CT molecular complexity index is 6490. The molecule has 2 N–H and O–H groups in total. The van der Waals surface area contributed by atoms with Crippen molar-refractivity contribution < 1.29 is 66.8 Å². The molecule has 2 aliphatic rings. The van der Waals surface area contributed by atoms with Crippen molar-refractivity contribution in [2.75, 3.05) is 10.6 Å². The van der Waals surface area contributed by atoms with Crippen LogP contribution in [0.2, 0.25) is 0 Å². The number of aromatic nitrogens is 2. The van der Waals surface area contributed by atoms with Crippen molar-refractivity contribution in [2.24, 2.45) is 0 Å². The SMILES string of the molecule is C=C(Cl)C(=O)Oc1ccnc(NC(=O)C(c2cccs2)N2C(=O)c3cc(Oc4ccc(-c5ccccc5)cc4)c4c5c(Oc6ccc(-c7ccccc7)cc6)cc6c7c(cc(Oc8ccc(-c9ccccc9)cc8)c(c8c(Oc9ccc(-c%10ccccc%10)cc9)cc(c3c48)C2=O)c75)C(=O)N(C(C(=O)Nc2cc(OC(=O)C(=C)Cl)ccn2)c2cccs2)C6=O)c1. The van der Waals surface area contributed by atoms with Gasteiger partial charge in [0.05, 0.1) is 22.3 Å². The number of pyridine rings is 2. The number of carbonyl (C=O) groups excluding carboxylic acids is 8. The van der Waals surface area contributed by atoms with E-state index in [0.717, 1.165) is 77.0 Å². The van der Waals surface area contributed by atoms with Crippen molar-refractivity contribution in [3.8, 4) is 102 Å². The fraction of sp³-hybridized carbons (Fsp3) is 0.0200. The summed E-state index contributed by atoms with van der Waals surface area (Å²) in [6.07, 6.45) is 2.55. The molecule has 6 amide bonds. The summed E-state index contributed by atoms with van der Waals surface area (Å²) in [4.78, 5) is 135. The highest BCUT2D eigenvalue weighted by Gasteiger charge is 2.48. The first-order valence-electron chi connectivity index (χ1n) is 38.6. The summed E-state index contributed by atoms with van der Waals surface area (Å²) in [6, 6.07) is 82.2. The lowest BCUT2D eigenvalue weighted by molar-refractivity contribution is -0.130. The Morgan fingerprint density at radius 3 is 0.831 bits per heavy atom. The van der Waals surface area contributed by atoms with Crippen molar-refractivity contribution in [3.63, 3.8) is 0 Å². The van der Waals surface area contributed by atoms with Crippen LogP contribution < -0.4 is 39.1 Å². The molecule has 13 aromatic carbocycles. The highest BCUT2D eigenvalue weighted by molar-refractivity contribution is 7.10. The quantitative estimate of drug-likeness (QED) is 0.0188. The molecule has 19 rings (SSSR count). The zero-order chi connectivity index (χ0) is 85.0. The van der Waals surface area contributed by atoms with Crippen molar-refractivity contribution in [1.82, 2.24) is 19.8 Å². The average Bonchev–Trinajstić information content (AvgIpc) is 0.697. The van der Waals surface area contributed by atoms with E-state index in [0.29, 0.717) is 0 Å². The van der Waals surface area contributed by atoms with E-state index in [2.05, 4.69) is 33.8 Å². The molecular formula is C100H60Cl2N6O14S2. The van der Waals surface area contributed by atoms with Crippen LogP contribution in [0.1, 0.15) is 63.3 Å². The maximum absolute atomic E-state index is 16.9. The van der Waals surface area contributed by atoms with Gasteiger partial charge < -0.3 is 39.1 Å². The van der Waals surface area contributed by atoms with Gasteiger partial charge in [0.25, 0.3) is 35.4 Å². The van der Waals surface area contributed by atoms with Gasteiger partial charge in [-0.3, -0.25) is 38.6 Å². The summed E-state index contributed by atoms with van der Waals surface area (Å²) in [5, 5.41) is 9.18. The molecule has 600 valence electrons. The minimum absolute atomic E-state index is 0.0411. The van der Waals surface area contributed by atoms with Crippen molar-refractivity contribution in [1.29, 1.82) is 0 Å². The number of hydrogen-bond acceptors (Lipinski definition) is 18. The number of ether oxygens (including phenoxy) is 6. The van der Waals surface area contributed by atoms with E-state index in [1.807, 2.05) is 170 Å². The van der Waals surface area contributed by atoms with Gasteiger partial charge in [-0.15, -0.1) is 22.7 Å². The topological polar surface area (TPSA) is 248 Å². The molecule has 2 unspecified atom stereocenters. The number of thiophene rings is 2. The summed E-state index contributed by atoms with van der Waals surface area (Å²) >= 11 is 14.0. The smallest absolute Gasteiger partial charge is 0.354 e. The molecule has 0 saturated heterocycles. The molecule has 20 nitrogen and oxygen atoms in total. The molecular weight excluding hydrogens is 1640 g/mol. The molecule has 24 heteroatoms. The van der Waals surface area contributed by atoms with Gasteiger partial charge in [-0.05, 0) is 152 Å². The lowest BCUT2D eigenvalue weighted by atomic mass is 9.80. The van der Waals surface area contributed by atoms with Crippen LogP contribution in [0.5, 0.6) is 57.5 Å². The van der Waals surface area contributed by atoms with Crippen LogP contribution >= 0.6 is 45.9 Å². The number of halogens is 2. The molecule has 124 heavy (non-hydrogen) atoms. The fourth-order valence-corrected chi connectivity index (χ4v) is 17.4. The third-order valence-electron chi connectivity index (χ3n) is 21.2. The summed E-state index contributed by atoms with van der Waals surface area (Å²) in [7, 11) is 0. The van der Waals surface area contributed by atoms with E-state index in [1.54, 1.807) is 83.6 Å². The Kier molecular flexibility index (Phi) is 20.7. The normalized spacial score (nSPS) is 12.8. The number of imide groups is 2. The van der Waals surface area contributed by atoms with Gasteiger partial charge >= 0.3 is 11.9 Å². The lowest BCUT2D eigenvalue weighted by Gasteiger charge is -2.35. The first-order valence-corrected chi connectivity index (χ1v) is 41.1. The first kappa shape index (κ1) is 78.1. The minimum Gasteiger partial charge on any atom is -0.457 e. The number of amides is 6. The number of rotatable bonds is 24. The Balaban J connectivity index is 0.911. The van der Waals surface area contributed by atoms with E-state index in [4.69, 9.17) is 51.6 Å². The first-order chi connectivity index (χ1) is 60.4. The Labute approximate surface area is 723 Å². The second-order valence-corrected chi connectivity index (χ2v) is 31.6. The Morgan fingerprint density at radius 2 is 0.581 bits per heavy atom. The van der Waals surface area contributed by atoms with Crippen LogP contribution in [0, 0.1) is 0 Å². The summed E-state index contributed by atoms with van der Waals surface area (Å²) < 4.78 is 40.5. The van der Waals surface area contributed by atoms with E-state index >= 15 is 28.8 Å². The highest BCUT2D eigenvalue weighted by atomic mass is 35.5.